The van der Waals surface area contributed by atoms with E-state index in [1.165, 1.54) is 4.31 Å². The number of carbonyl (C=O) groups excluding carboxylic acids is 3. The predicted molar refractivity (Wildman–Crippen MR) is 101 cm³/mol. The van der Waals surface area contributed by atoms with Gasteiger partial charge in [0.2, 0.25) is 10.0 Å². The van der Waals surface area contributed by atoms with Gasteiger partial charge in [-0.3, -0.25) is 14.4 Å². The average molecular weight is 419 g/mol. The van der Waals surface area contributed by atoms with E-state index in [2.05, 4.69) is 0 Å². The maximum atomic E-state index is 12.3. The third-order valence-corrected chi connectivity index (χ3v) is 7.18. The number of ether oxygens (including phenoxy) is 2. The molecule has 1 atom stereocenters. The van der Waals surface area contributed by atoms with E-state index in [-0.39, 0.29) is 23.5 Å². The number of piperidine rings is 1. The molecular weight excluding hydrogens is 388 g/mol. The standard InChI is InChI=1S/C18H30N2O7S/c1-3-12-28(24,25)20-9-5-6-15(20)18(23)27-13-16(21)19-10-7-14(8-11-19)17(22)26-4-2/h14-15H,3-13H2,1-2H3. The molecule has 0 aliphatic carbocycles. The van der Waals surface area contributed by atoms with Gasteiger partial charge in [-0.1, -0.05) is 6.92 Å². The molecule has 0 bridgehead atoms. The summed E-state index contributed by atoms with van der Waals surface area (Å²) in [4.78, 5) is 38.0. The van der Waals surface area contributed by atoms with Gasteiger partial charge in [-0.2, -0.15) is 4.31 Å². The van der Waals surface area contributed by atoms with E-state index < -0.39 is 28.6 Å². The lowest BCUT2D eigenvalue weighted by Crippen LogP contribution is -2.45. The Morgan fingerprint density at radius 2 is 1.64 bits per heavy atom. The van der Waals surface area contributed by atoms with Gasteiger partial charge in [0.25, 0.3) is 5.91 Å². The molecule has 160 valence electrons. The van der Waals surface area contributed by atoms with Gasteiger partial charge in [-0.05, 0) is 39.0 Å². The summed E-state index contributed by atoms with van der Waals surface area (Å²) in [7, 11) is -3.49. The van der Waals surface area contributed by atoms with Gasteiger partial charge < -0.3 is 14.4 Å². The summed E-state index contributed by atoms with van der Waals surface area (Å²) in [6.45, 7) is 4.55. The Bertz CT molecular complexity index is 671. The van der Waals surface area contributed by atoms with Crippen molar-refractivity contribution in [3.05, 3.63) is 0 Å². The Morgan fingerprint density at radius 3 is 2.25 bits per heavy atom. The Labute approximate surface area is 166 Å². The molecule has 0 spiro atoms. The quantitative estimate of drug-likeness (QED) is 0.529. The van der Waals surface area contributed by atoms with Crippen LogP contribution >= 0.6 is 0 Å². The van der Waals surface area contributed by atoms with Crippen LogP contribution < -0.4 is 0 Å². The van der Waals surface area contributed by atoms with Crippen LogP contribution in [-0.2, 0) is 33.9 Å². The molecule has 2 heterocycles. The van der Waals surface area contributed by atoms with Crippen molar-refractivity contribution < 1.29 is 32.3 Å². The van der Waals surface area contributed by atoms with Crippen LogP contribution in [0.4, 0.5) is 0 Å². The highest BCUT2D eigenvalue weighted by Gasteiger charge is 2.39. The molecule has 28 heavy (non-hydrogen) atoms. The number of hydrogen-bond donors (Lipinski definition) is 0. The molecule has 1 amide bonds. The predicted octanol–water partition coefficient (Wildman–Crippen LogP) is 0.536. The molecule has 2 saturated heterocycles. The number of amides is 1. The van der Waals surface area contributed by atoms with Crippen LogP contribution in [0.1, 0.15) is 46.0 Å². The van der Waals surface area contributed by atoms with Crippen molar-refractivity contribution in [3.8, 4) is 0 Å². The third kappa shape index (κ3) is 5.66. The topological polar surface area (TPSA) is 110 Å². The molecule has 9 nitrogen and oxygen atoms in total. The fraction of sp³-hybridized carbons (Fsp3) is 0.833. The van der Waals surface area contributed by atoms with Gasteiger partial charge in [0.05, 0.1) is 18.3 Å². The molecule has 0 aromatic heterocycles. The van der Waals surface area contributed by atoms with Gasteiger partial charge in [-0.15, -0.1) is 0 Å². The van der Waals surface area contributed by atoms with Crippen molar-refractivity contribution in [2.75, 3.05) is 38.6 Å². The molecule has 0 N–H and O–H groups in total. The van der Waals surface area contributed by atoms with Crippen molar-refractivity contribution >= 4 is 27.9 Å². The van der Waals surface area contributed by atoms with Gasteiger partial charge in [-0.25, -0.2) is 8.42 Å². The Morgan fingerprint density at radius 1 is 0.964 bits per heavy atom. The van der Waals surface area contributed by atoms with Crippen LogP contribution in [0.25, 0.3) is 0 Å². The Kier molecular flexibility index (Phi) is 8.23. The number of rotatable bonds is 8. The van der Waals surface area contributed by atoms with E-state index in [9.17, 15) is 22.8 Å². The highest BCUT2D eigenvalue weighted by molar-refractivity contribution is 7.89. The van der Waals surface area contributed by atoms with Crippen LogP contribution in [0.15, 0.2) is 0 Å². The van der Waals surface area contributed by atoms with Crippen LogP contribution in [0.3, 0.4) is 0 Å². The number of sulfonamides is 1. The van der Waals surface area contributed by atoms with Crippen LogP contribution in [0.2, 0.25) is 0 Å². The fourth-order valence-corrected chi connectivity index (χ4v) is 5.37. The van der Waals surface area contributed by atoms with E-state index in [4.69, 9.17) is 9.47 Å². The Hall–Kier alpha value is -1.68. The minimum absolute atomic E-state index is 0.00881. The largest absolute Gasteiger partial charge is 0.466 e. The van der Waals surface area contributed by atoms with Gasteiger partial charge in [0, 0.05) is 19.6 Å². The second-order valence-corrected chi connectivity index (χ2v) is 9.14. The lowest BCUT2D eigenvalue weighted by molar-refractivity contribution is -0.156. The molecule has 2 aliphatic rings. The number of carbonyl (C=O) groups is 3. The lowest BCUT2D eigenvalue weighted by atomic mass is 9.97. The van der Waals surface area contributed by atoms with Gasteiger partial charge in [0.1, 0.15) is 6.04 Å². The molecule has 2 fully saturated rings. The van der Waals surface area contributed by atoms with Gasteiger partial charge >= 0.3 is 11.9 Å². The monoisotopic (exact) mass is 418 g/mol. The highest BCUT2D eigenvalue weighted by atomic mass is 32.2. The van der Waals surface area contributed by atoms with Crippen molar-refractivity contribution in [1.82, 2.24) is 9.21 Å². The molecule has 0 aromatic rings. The first kappa shape index (κ1) is 22.6. The summed E-state index contributed by atoms with van der Waals surface area (Å²) >= 11 is 0. The van der Waals surface area contributed by atoms with Crippen molar-refractivity contribution in [2.24, 2.45) is 5.92 Å². The smallest absolute Gasteiger partial charge is 0.324 e. The fourth-order valence-electron chi connectivity index (χ4n) is 3.63. The molecule has 0 saturated carbocycles. The minimum atomic E-state index is -3.49. The van der Waals surface area contributed by atoms with E-state index in [0.717, 1.165) is 0 Å². The van der Waals surface area contributed by atoms with Crippen molar-refractivity contribution in [1.29, 1.82) is 0 Å². The SMILES string of the molecule is CCCS(=O)(=O)N1CCCC1C(=O)OCC(=O)N1CCC(C(=O)OCC)CC1. The molecule has 1 unspecified atom stereocenters. The molecule has 2 rings (SSSR count). The second kappa shape index (κ2) is 10.2. The lowest BCUT2D eigenvalue weighted by Gasteiger charge is -2.31. The maximum absolute atomic E-state index is 12.3. The van der Waals surface area contributed by atoms with Crippen LogP contribution in [-0.4, -0.2) is 80.1 Å². The maximum Gasteiger partial charge on any atom is 0.324 e. The molecule has 0 radical (unpaired) electrons. The van der Waals surface area contributed by atoms with E-state index in [0.29, 0.717) is 58.3 Å². The Balaban J connectivity index is 1.81. The van der Waals surface area contributed by atoms with E-state index in [1.54, 1.807) is 18.7 Å². The second-order valence-electron chi connectivity index (χ2n) is 7.10. The van der Waals surface area contributed by atoms with Crippen LogP contribution in [0, 0.1) is 5.92 Å². The van der Waals surface area contributed by atoms with Crippen molar-refractivity contribution in [3.63, 3.8) is 0 Å². The summed E-state index contributed by atoms with van der Waals surface area (Å²) in [6.07, 6.45) is 2.51. The normalized spacial score (nSPS) is 21.5. The molecular formula is C18H30N2O7S. The van der Waals surface area contributed by atoms with E-state index >= 15 is 0 Å². The number of nitrogens with zero attached hydrogens (tertiary/aromatic N) is 2. The van der Waals surface area contributed by atoms with Crippen molar-refractivity contribution in [2.45, 2.75) is 52.0 Å². The highest BCUT2D eigenvalue weighted by Crippen LogP contribution is 2.23. The molecule has 2 aliphatic heterocycles. The molecule has 10 heteroatoms. The zero-order valence-electron chi connectivity index (χ0n) is 16.6. The van der Waals surface area contributed by atoms with Gasteiger partial charge in [0.15, 0.2) is 6.61 Å². The number of hydrogen-bond acceptors (Lipinski definition) is 7. The zero-order valence-corrected chi connectivity index (χ0v) is 17.4. The summed E-state index contributed by atoms with van der Waals surface area (Å²) in [6, 6.07) is -0.848. The number of likely N-dealkylation sites (tertiary alicyclic amines) is 1. The van der Waals surface area contributed by atoms with E-state index in [1.807, 2.05) is 0 Å². The first-order chi connectivity index (χ1) is 13.3. The average Bonchev–Trinajstić information content (AvgIpc) is 3.17. The first-order valence-corrected chi connectivity index (χ1v) is 11.5. The number of esters is 2. The summed E-state index contributed by atoms with van der Waals surface area (Å²) < 4.78 is 35.9. The summed E-state index contributed by atoms with van der Waals surface area (Å²) in [5.41, 5.74) is 0. The first-order valence-electron chi connectivity index (χ1n) is 9.90. The zero-order chi connectivity index (χ0) is 20.7. The summed E-state index contributed by atoms with van der Waals surface area (Å²) in [5, 5.41) is 0. The minimum Gasteiger partial charge on any atom is -0.466 e. The third-order valence-electron chi connectivity index (χ3n) is 5.10. The summed E-state index contributed by atoms with van der Waals surface area (Å²) in [5.74, 6) is -1.47. The molecule has 0 aromatic carbocycles. The van der Waals surface area contributed by atoms with Crippen LogP contribution in [0.5, 0.6) is 0 Å².